The third-order valence-electron chi connectivity index (χ3n) is 10.2. The predicted octanol–water partition coefficient (Wildman–Crippen LogP) is 9.48. The molecule has 0 aliphatic heterocycles. The summed E-state index contributed by atoms with van der Waals surface area (Å²) in [6.07, 6.45) is 22.0. The van der Waals surface area contributed by atoms with Crippen LogP contribution in [0.3, 0.4) is 0 Å². The summed E-state index contributed by atoms with van der Waals surface area (Å²) in [6.45, 7) is 0. The predicted molar refractivity (Wildman–Crippen MR) is 197 cm³/mol. The molecule has 47 heavy (non-hydrogen) atoms. The Bertz CT molecular complexity index is 2170. The molecule has 226 valence electrons. The molecule has 0 N–H and O–H groups in total. The minimum atomic E-state index is -0.0360. The quantitative estimate of drug-likeness (QED) is 0.183. The van der Waals surface area contributed by atoms with Gasteiger partial charge in [-0.15, -0.1) is 0 Å². The van der Waals surface area contributed by atoms with Crippen LogP contribution in [-0.2, 0) is 0 Å². The first-order valence-electron chi connectivity index (χ1n) is 16.7. The third kappa shape index (κ3) is 4.98. The number of allylic oxidation sites excluding steroid dienone is 7. The molecule has 5 aromatic carbocycles. The van der Waals surface area contributed by atoms with E-state index >= 15 is 0 Å². The number of para-hydroxylation sites is 2. The van der Waals surface area contributed by atoms with Crippen LogP contribution in [0.15, 0.2) is 182 Å². The largest absolute Gasteiger partial charge is 0.331 e. The monoisotopic (exact) mass is 604 g/mol. The number of hydrogen-bond donors (Lipinski definition) is 0. The molecule has 4 atom stereocenters. The van der Waals surface area contributed by atoms with Gasteiger partial charge in [-0.3, -0.25) is 0 Å². The number of nitrogens with zero attached hydrogens (tertiary/aromatic N) is 2. The molecule has 0 aromatic heterocycles. The van der Waals surface area contributed by atoms with Crippen molar-refractivity contribution in [2.75, 3.05) is 9.80 Å². The summed E-state index contributed by atoms with van der Waals surface area (Å²) in [4.78, 5) is 4.92. The van der Waals surface area contributed by atoms with E-state index in [0.717, 1.165) is 17.8 Å². The summed E-state index contributed by atoms with van der Waals surface area (Å²) < 4.78 is 0. The second kappa shape index (κ2) is 11.3. The molecule has 2 nitrogen and oxygen atoms in total. The molecule has 9 rings (SSSR count). The second-order valence-corrected chi connectivity index (χ2v) is 13.1. The number of hydrogen-bond acceptors (Lipinski definition) is 2. The van der Waals surface area contributed by atoms with Gasteiger partial charge in [-0.2, -0.15) is 0 Å². The molecule has 0 heterocycles. The molecule has 1 fully saturated rings. The highest BCUT2D eigenvalue weighted by atomic mass is 15.2. The Morgan fingerprint density at radius 3 is 1.74 bits per heavy atom. The Balaban J connectivity index is 1.03. The van der Waals surface area contributed by atoms with E-state index in [1.165, 1.54) is 38.6 Å². The Morgan fingerprint density at radius 2 is 1.04 bits per heavy atom. The zero-order valence-electron chi connectivity index (χ0n) is 26.2. The lowest BCUT2D eigenvalue weighted by Gasteiger charge is -2.34. The fourth-order valence-electron chi connectivity index (χ4n) is 7.71. The number of fused-ring (bicyclic) bond motifs is 3. The molecule has 0 radical (unpaired) electrons. The molecule has 4 aliphatic carbocycles. The van der Waals surface area contributed by atoms with Crippen molar-refractivity contribution in [3.05, 3.63) is 192 Å². The van der Waals surface area contributed by atoms with Crippen LogP contribution in [0.5, 0.6) is 0 Å². The maximum absolute atomic E-state index is 2.56. The maximum Gasteiger partial charge on any atom is 0.0712 e. The van der Waals surface area contributed by atoms with E-state index in [1.807, 2.05) is 0 Å². The highest BCUT2D eigenvalue weighted by Crippen LogP contribution is 2.56. The van der Waals surface area contributed by atoms with Gasteiger partial charge in [0, 0.05) is 46.2 Å². The molecular formula is C45H36N2. The van der Waals surface area contributed by atoms with Crippen molar-refractivity contribution in [3.8, 4) is 11.1 Å². The maximum atomic E-state index is 2.56. The topological polar surface area (TPSA) is 6.48 Å². The number of benzene rings is 5. The van der Waals surface area contributed by atoms with Crippen LogP contribution in [0, 0.1) is 17.8 Å². The molecule has 0 bridgehead atoms. The van der Waals surface area contributed by atoms with Gasteiger partial charge < -0.3 is 9.80 Å². The Kier molecular flexibility index (Phi) is 6.67. The minimum absolute atomic E-state index is 0.0360. The summed E-state index contributed by atoms with van der Waals surface area (Å²) in [5.74, 6) is 1.31. The van der Waals surface area contributed by atoms with Gasteiger partial charge in [-0.25, -0.2) is 0 Å². The SMILES string of the molecule is C1=CC2C=CC(N(c3ccccc3)c3ccc(-c4ccc(N(c5ccccc5)C56C=c7ccccc7=C[C@H]5C6)cc4)cc3)=CC2C=C1. The average Bonchev–Trinajstić information content (AvgIpc) is 3.85. The smallest absolute Gasteiger partial charge is 0.0712 e. The fourth-order valence-corrected chi connectivity index (χ4v) is 7.71. The first kappa shape index (κ1) is 27.7. The summed E-state index contributed by atoms with van der Waals surface area (Å²) >= 11 is 0. The lowest BCUT2D eigenvalue weighted by atomic mass is 9.84. The van der Waals surface area contributed by atoms with E-state index in [0.29, 0.717) is 17.8 Å². The van der Waals surface area contributed by atoms with Crippen molar-refractivity contribution in [1.82, 2.24) is 0 Å². The highest BCUT2D eigenvalue weighted by Gasteiger charge is 2.57. The summed E-state index contributed by atoms with van der Waals surface area (Å²) in [6, 6.07) is 48.5. The van der Waals surface area contributed by atoms with Gasteiger partial charge >= 0.3 is 0 Å². The minimum Gasteiger partial charge on any atom is -0.331 e. The van der Waals surface area contributed by atoms with E-state index in [1.54, 1.807) is 0 Å². The van der Waals surface area contributed by atoms with Crippen LogP contribution in [0.25, 0.3) is 23.3 Å². The van der Waals surface area contributed by atoms with Gasteiger partial charge in [0.05, 0.1) is 5.54 Å². The van der Waals surface area contributed by atoms with Gasteiger partial charge in [0.15, 0.2) is 0 Å². The first-order valence-corrected chi connectivity index (χ1v) is 16.7. The van der Waals surface area contributed by atoms with Crippen LogP contribution in [-0.4, -0.2) is 5.54 Å². The first-order chi connectivity index (χ1) is 23.2. The van der Waals surface area contributed by atoms with Crippen LogP contribution in [0.4, 0.5) is 22.7 Å². The Morgan fingerprint density at radius 1 is 0.489 bits per heavy atom. The lowest BCUT2D eigenvalue weighted by molar-refractivity contribution is 0.652. The van der Waals surface area contributed by atoms with E-state index in [9.17, 15) is 0 Å². The Labute approximate surface area is 276 Å². The van der Waals surface area contributed by atoms with E-state index < -0.39 is 0 Å². The van der Waals surface area contributed by atoms with Gasteiger partial charge in [-0.1, -0.05) is 134 Å². The van der Waals surface area contributed by atoms with E-state index in [4.69, 9.17) is 0 Å². The fraction of sp³-hybridized carbons (Fsp3) is 0.111. The summed E-state index contributed by atoms with van der Waals surface area (Å²) in [7, 11) is 0. The van der Waals surface area contributed by atoms with Crippen molar-refractivity contribution in [2.45, 2.75) is 12.0 Å². The van der Waals surface area contributed by atoms with Gasteiger partial charge in [0.1, 0.15) is 0 Å². The molecule has 3 unspecified atom stereocenters. The molecule has 2 heteroatoms. The molecule has 4 aliphatic rings. The van der Waals surface area contributed by atoms with E-state index in [-0.39, 0.29) is 5.54 Å². The molecular weight excluding hydrogens is 569 g/mol. The Hall–Kier alpha value is -5.60. The van der Waals surface area contributed by atoms with Crippen LogP contribution in [0.1, 0.15) is 6.42 Å². The summed E-state index contributed by atoms with van der Waals surface area (Å²) in [5, 5.41) is 2.68. The number of rotatable bonds is 7. The second-order valence-electron chi connectivity index (χ2n) is 13.1. The van der Waals surface area contributed by atoms with Crippen LogP contribution >= 0.6 is 0 Å². The number of anilines is 4. The van der Waals surface area contributed by atoms with Gasteiger partial charge in [0.25, 0.3) is 0 Å². The van der Waals surface area contributed by atoms with Crippen molar-refractivity contribution in [3.63, 3.8) is 0 Å². The van der Waals surface area contributed by atoms with Crippen molar-refractivity contribution in [1.29, 1.82) is 0 Å². The van der Waals surface area contributed by atoms with Gasteiger partial charge in [0.2, 0.25) is 0 Å². The molecule has 5 aromatic rings. The zero-order chi connectivity index (χ0) is 31.2. The third-order valence-corrected chi connectivity index (χ3v) is 10.2. The molecule has 0 amide bonds. The molecule has 0 saturated heterocycles. The van der Waals surface area contributed by atoms with E-state index in [2.05, 4.69) is 198 Å². The standard InChI is InChI=1S/C45H36N2/c1-3-15-40(16-4-1)46(44-28-23-33-11-7-8-13-37(33)30-44)41-24-19-34(20-25-41)35-21-26-43(27-22-35)47(42-17-5-2-6-18-42)45-31-38-14-10-9-12-36(38)29-39(45)32-45/h1-31,33,37,39H,32H2/t33?,37?,39-,45?/m0/s1. The molecule has 0 spiro atoms. The van der Waals surface area contributed by atoms with Crippen molar-refractivity contribution >= 4 is 34.9 Å². The summed E-state index contributed by atoms with van der Waals surface area (Å²) in [5.41, 5.74) is 8.36. The highest BCUT2D eigenvalue weighted by molar-refractivity contribution is 5.79. The average molecular weight is 605 g/mol. The van der Waals surface area contributed by atoms with Crippen LogP contribution < -0.4 is 20.2 Å². The van der Waals surface area contributed by atoms with Gasteiger partial charge in [-0.05, 0) is 82.6 Å². The normalized spacial score (nSPS) is 22.9. The van der Waals surface area contributed by atoms with Crippen molar-refractivity contribution in [2.24, 2.45) is 17.8 Å². The van der Waals surface area contributed by atoms with Crippen molar-refractivity contribution < 1.29 is 0 Å². The lowest BCUT2D eigenvalue weighted by Crippen LogP contribution is -2.40. The molecule has 1 saturated carbocycles. The zero-order valence-corrected chi connectivity index (χ0v) is 26.2. The van der Waals surface area contributed by atoms with Crippen LogP contribution in [0.2, 0.25) is 0 Å².